The molecule has 0 bridgehead atoms. The van der Waals surface area contributed by atoms with Gasteiger partial charge in [0.15, 0.2) is 0 Å². The molecule has 0 aliphatic heterocycles. The molecule has 8 heteroatoms. The van der Waals surface area contributed by atoms with Crippen molar-refractivity contribution in [2.75, 3.05) is 13.1 Å². The number of ether oxygens (including phenoxy) is 2. The average Bonchev–Trinajstić information content (AvgIpc) is 2.70. The first kappa shape index (κ1) is 27.3. The average molecular weight is 450 g/mol. The zero-order valence-corrected chi connectivity index (χ0v) is 20.0. The number of rotatable bonds is 12. The predicted octanol–water partition coefficient (Wildman–Crippen LogP) is 4.14. The summed E-state index contributed by atoms with van der Waals surface area (Å²) in [4.78, 5) is 36.5. The van der Waals surface area contributed by atoms with Crippen LogP contribution in [0.5, 0.6) is 0 Å². The molecule has 0 aromatic heterocycles. The van der Waals surface area contributed by atoms with Crippen LogP contribution in [0, 0.1) is 5.92 Å². The van der Waals surface area contributed by atoms with E-state index in [1.807, 2.05) is 30.3 Å². The van der Waals surface area contributed by atoms with E-state index in [4.69, 9.17) is 9.47 Å². The Morgan fingerprint density at radius 3 is 2.22 bits per heavy atom. The van der Waals surface area contributed by atoms with E-state index in [-0.39, 0.29) is 12.5 Å². The Balaban J connectivity index is 2.39. The molecule has 8 nitrogen and oxygen atoms in total. The second kappa shape index (κ2) is 14.3. The molecule has 0 unspecified atom stereocenters. The van der Waals surface area contributed by atoms with Gasteiger partial charge in [-0.1, -0.05) is 44.2 Å². The molecule has 3 N–H and O–H groups in total. The van der Waals surface area contributed by atoms with Crippen LogP contribution in [0.2, 0.25) is 0 Å². The van der Waals surface area contributed by atoms with Gasteiger partial charge in [-0.15, -0.1) is 0 Å². The third-order valence-corrected chi connectivity index (χ3v) is 4.43. The van der Waals surface area contributed by atoms with Gasteiger partial charge in [0.25, 0.3) is 0 Å². The first-order valence-electron chi connectivity index (χ1n) is 11.3. The summed E-state index contributed by atoms with van der Waals surface area (Å²) in [6.45, 7) is 10.7. The lowest BCUT2D eigenvalue weighted by Crippen LogP contribution is -2.48. The van der Waals surface area contributed by atoms with E-state index in [1.54, 1.807) is 20.8 Å². The number of carbonyl (C=O) groups excluding carboxylic acids is 3. The zero-order chi connectivity index (χ0) is 24.0. The fourth-order valence-electron chi connectivity index (χ4n) is 2.76. The molecular weight excluding hydrogens is 410 g/mol. The molecule has 1 atom stereocenters. The minimum atomic E-state index is -0.693. The largest absolute Gasteiger partial charge is 0.445 e. The number of amides is 3. The number of nitrogens with one attached hydrogen (secondary N) is 3. The number of hydrogen-bond acceptors (Lipinski definition) is 5. The Morgan fingerprint density at radius 2 is 1.59 bits per heavy atom. The van der Waals surface area contributed by atoms with Gasteiger partial charge in [0.2, 0.25) is 5.91 Å². The van der Waals surface area contributed by atoms with Crippen molar-refractivity contribution in [3.05, 3.63) is 35.9 Å². The summed E-state index contributed by atoms with van der Waals surface area (Å²) >= 11 is 0. The molecule has 3 amide bonds. The molecule has 0 aliphatic rings. The maximum Gasteiger partial charge on any atom is 0.408 e. The molecule has 0 saturated heterocycles. The van der Waals surface area contributed by atoms with Crippen LogP contribution in [-0.4, -0.2) is 42.8 Å². The SMILES string of the molecule is CC(C)CCNC(=O)[C@H](CCCCNC(=O)OCc1ccccc1)NC(=O)OC(C)(C)C. The van der Waals surface area contributed by atoms with Crippen LogP contribution >= 0.6 is 0 Å². The van der Waals surface area contributed by atoms with E-state index in [0.717, 1.165) is 12.0 Å². The molecule has 32 heavy (non-hydrogen) atoms. The standard InChI is InChI=1S/C24H39N3O5/c1-18(2)14-16-25-21(28)20(27-23(30)32-24(3,4)5)13-9-10-15-26-22(29)31-17-19-11-7-6-8-12-19/h6-8,11-12,18,20H,9-10,13-17H2,1-5H3,(H,25,28)(H,26,29)(H,27,30)/t20-/m0/s1. The number of alkyl carbamates (subject to hydrolysis) is 2. The monoisotopic (exact) mass is 449 g/mol. The lowest BCUT2D eigenvalue weighted by molar-refractivity contribution is -0.123. The summed E-state index contributed by atoms with van der Waals surface area (Å²) in [6.07, 6.45) is 1.48. The molecular formula is C24H39N3O5. The van der Waals surface area contributed by atoms with E-state index in [0.29, 0.717) is 38.3 Å². The minimum absolute atomic E-state index is 0.213. The summed E-state index contributed by atoms with van der Waals surface area (Å²) in [5.74, 6) is 0.243. The first-order valence-corrected chi connectivity index (χ1v) is 11.3. The maximum absolute atomic E-state index is 12.5. The fourth-order valence-corrected chi connectivity index (χ4v) is 2.76. The van der Waals surface area contributed by atoms with Crippen LogP contribution in [0.25, 0.3) is 0 Å². The highest BCUT2D eigenvalue weighted by Gasteiger charge is 2.24. The van der Waals surface area contributed by atoms with Gasteiger partial charge in [-0.05, 0) is 57.9 Å². The summed E-state index contributed by atoms with van der Waals surface area (Å²) < 4.78 is 10.4. The number of carbonyl (C=O) groups is 3. The highest BCUT2D eigenvalue weighted by molar-refractivity contribution is 5.85. The summed E-state index contributed by atoms with van der Waals surface area (Å²) in [7, 11) is 0. The third kappa shape index (κ3) is 13.5. The molecule has 0 radical (unpaired) electrons. The lowest BCUT2D eigenvalue weighted by Gasteiger charge is -2.23. The Labute approximate surface area is 191 Å². The molecule has 0 aliphatic carbocycles. The van der Waals surface area contributed by atoms with Crippen LogP contribution in [-0.2, 0) is 20.9 Å². The van der Waals surface area contributed by atoms with Gasteiger partial charge in [0.05, 0.1) is 0 Å². The van der Waals surface area contributed by atoms with Gasteiger partial charge in [0.1, 0.15) is 18.2 Å². The molecule has 0 spiro atoms. The van der Waals surface area contributed by atoms with Gasteiger partial charge < -0.3 is 25.4 Å². The van der Waals surface area contributed by atoms with E-state index in [9.17, 15) is 14.4 Å². The molecule has 1 rings (SSSR count). The van der Waals surface area contributed by atoms with Gasteiger partial charge in [-0.2, -0.15) is 0 Å². The zero-order valence-electron chi connectivity index (χ0n) is 20.0. The van der Waals surface area contributed by atoms with Crippen molar-refractivity contribution in [3.8, 4) is 0 Å². The van der Waals surface area contributed by atoms with Crippen LogP contribution in [0.1, 0.15) is 65.9 Å². The lowest BCUT2D eigenvalue weighted by atomic mass is 10.1. The maximum atomic E-state index is 12.5. The van der Waals surface area contributed by atoms with Crippen molar-refractivity contribution in [2.45, 2.75) is 78.6 Å². The van der Waals surface area contributed by atoms with E-state index < -0.39 is 23.8 Å². The highest BCUT2D eigenvalue weighted by Crippen LogP contribution is 2.09. The Bertz CT molecular complexity index is 701. The number of hydrogen-bond donors (Lipinski definition) is 3. The summed E-state index contributed by atoms with van der Waals surface area (Å²) in [5.41, 5.74) is 0.273. The van der Waals surface area contributed by atoms with Crippen molar-refractivity contribution in [2.24, 2.45) is 5.92 Å². The van der Waals surface area contributed by atoms with Crippen LogP contribution in [0.4, 0.5) is 9.59 Å². The smallest absolute Gasteiger partial charge is 0.408 e. The van der Waals surface area contributed by atoms with Crippen molar-refractivity contribution >= 4 is 18.1 Å². The Morgan fingerprint density at radius 1 is 0.906 bits per heavy atom. The van der Waals surface area contributed by atoms with Gasteiger partial charge in [0, 0.05) is 13.1 Å². The van der Waals surface area contributed by atoms with E-state index in [1.165, 1.54) is 0 Å². The summed E-state index contributed by atoms with van der Waals surface area (Å²) in [6, 6.07) is 8.75. The first-order chi connectivity index (χ1) is 15.1. The van der Waals surface area contributed by atoms with E-state index >= 15 is 0 Å². The molecule has 0 heterocycles. The van der Waals surface area contributed by atoms with Gasteiger partial charge >= 0.3 is 12.2 Å². The second-order valence-corrected chi connectivity index (χ2v) is 9.16. The fraction of sp³-hybridized carbons (Fsp3) is 0.625. The molecule has 0 fully saturated rings. The Kier molecular flexibility index (Phi) is 12.2. The molecule has 0 saturated carbocycles. The van der Waals surface area contributed by atoms with Crippen LogP contribution < -0.4 is 16.0 Å². The highest BCUT2D eigenvalue weighted by atomic mass is 16.6. The number of unbranched alkanes of at least 4 members (excludes halogenated alkanes) is 1. The quantitative estimate of drug-likeness (QED) is 0.416. The van der Waals surface area contributed by atoms with Crippen LogP contribution in [0.3, 0.4) is 0 Å². The minimum Gasteiger partial charge on any atom is -0.445 e. The normalized spacial score (nSPS) is 12.1. The Hall–Kier alpha value is -2.77. The summed E-state index contributed by atoms with van der Waals surface area (Å²) in [5, 5.41) is 8.24. The number of benzene rings is 1. The molecule has 180 valence electrons. The molecule has 1 aromatic carbocycles. The topological polar surface area (TPSA) is 106 Å². The van der Waals surface area contributed by atoms with E-state index in [2.05, 4.69) is 29.8 Å². The van der Waals surface area contributed by atoms with Crippen molar-refractivity contribution in [1.82, 2.24) is 16.0 Å². The molecule has 1 aromatic rings. The van der Waals surface area contributed by atoms with Crippen LogP contribution in [0.15, 0.2) is 30.3 Å². The van der Waals surface area contributed by atoms with Crippen molar-refractivity contribution < 1.29 is 23.9 Å². The van der Waals surface area contributed by atoms with Crippen molar-refractivity contribution in [1.29, 1.82) is 0 Å². The second-order valence-electron chi connectivity index (χ2n) is 9.16. The third-order valence-electron chi connectivity index (χ3n) is 4.43. The van der Waals surface area contributed by atoms with Crippen molar-refractivity contribution in [3.63, 3.8) is 0 Å². The predicted molar refractivity (Wildman–Crippen MR) is 124 cm³/mol. The van der Waals surface area contributed by atoms with Gasteiger partial charge in [-0.3, -0.25) is 4.79 Å². The van der Waals surface area contributed by atoms with Gasteiger partial charge in [-0.25, -0.2) is 9.59 Å².